The van der Waals surface area contributed by atoms with E-state index < -0.39 is 0 Å². The number of aromatic nitrogens is 1. The van der Waals surface area contributed by atoms with E-state index in [1.54, 1.807) is 11.3 Å². The van der Waals surface area contributed by atoms with Gasteiger partial charge in [-0.2, -0.15) is 0 Å². The van der Waals surface area contributed by atoms with Gasteiger partial charge in [0.1, 0.15) is 0 Å². The van der Waals surface area contributed by atoms with Gasteiger partial charge in [0.05, 0.1) is 10.7 Å². The smallest absolute Gasteiger partial charge is 0.0897 e. The predicted octanol–water partition coefficient (Wildman–Crippen LogP) is 1.51. The Labute approximate surface area is 89.4 Å². The molecule has 3 nitrogen and oxygen atoms in total. The molecule has 0 bridgehead atoms. The summed E-state index contributed by atoms with van der Waals surface area (Å²) in [7, 11) is 2.06. The highest BCUT2D eigenvalue weighted by Gasteiger charge is 2.07. The van der Waals surface area contributed by atoms with Crippen molar-refractivity contribution in [1.82, 2.24) is 9.88 Å². The van der Waals surface area contributed by atoms with Crippen molar-refractivity contribution >= 4 is 11.3 Å². The molecule has 0 aliphatic carbocycles. The van der Waals surface area contributed by atoms with Gasteiger partial charge in [0, 0.05) is 25.1 Å². The van der Waals surface area contributed by atoms with E-state index in [4.69, 9.17) is 5.11 Å². The maximum atomic E-state index is 8.91. The van der Waals surface area contributed by atoms with Gasteiger partial charge in [-0.05, 0) is 19.9 Å². The number of hydrogen-bond acceptors (Lipinski definition) is 4. The highest BCUT2D eigenvalue weighted by Crippen LogP contribution is 2.10. The molecule has 80 valence electrons. The van der Waals surface area contributed by atoms with Crippen molar-refractivity contribution < 1.29 is 5.11 Å². The third-order valence-corrected chi connectivity index (χ3v) is 2.86. The zero-order valence-electron chi connectivity index (χ0n) is 9.03. The van der Waals surface area contributed by atoms with Gasteiger partial charge in [0.15, 0.2) is 0 Å². The molecule has 0 saturated carbocycles. The molecule has 1 aromatic heterocycles. The zero-order valence-corrected chi connectivity index (χ0v) is 9.84. The van der Waals surface area contributed by atoms with E-state index >= 15 is 0 Å². The molecule has 0 saturated heterocycles. The number of thiazole rings is 1. The number of aliphatic hydroxyl groups is 1. The average Bonchev–Trinajstić information content (AvgIpc) is 2.50. The molecule has 1 N–H and O–H groups in total. The molecule has 0 aliphatic heterocycles. The van der Waals surface area contributed by atoms with E-state index in [1.807, 2.05) is 13.8 Å². The SMILES string of the molecule is Cc1nc(CN(C)CC(C)CO)cs1. The molecule has 0 amide bonds. The summed E-state index contributed by atoms with van der Waals surface area (Å²) in [4.78, 5) is 6.59. The Balaban J connectivity index is 2.37. The molecule has 0 spiro atoms. The summed E-state index contributed by atoms with van der Waals surface area (Å²) < 4.78 is 0. The maximum absolute atomic E-state index is 8.91. The third kappa shape index (κ3) is 3.74. The molecule has 0 radical (unpaired) electrons. The van der Waals surface area contributed by atoms with Crippen LogP contribution in [0, 0.1) is 12.8 Å². The summed E-state index contributed by atoms with van der Waals surface area (Å²) in [5.41, 5.74) is 1.13. The van der Waals surface area contributed by atoms with E-state index in [0.29, 0.717) is 5.92 Å². The van der Waals surface area contributed by atoms with E-state index in [0.717, 1.165) is 23.8 Å². The molecule has 1 rings (SSSR count). The summed E-state index contributed by atoms with van der Waals surface area (Å²) in [5.74, 6) is 0.333. The van der Waals surface area contributed by atoms with Crippen molar-refractivity contribution in [2.45, 2.75) is 20.4 Å². The lowest BCUT2D eigenvalue weighted by molar-refractivity contribution is 0.187. The van der Waals surface area contributed by atoms with Crippen molar-refractivity contribution in [1.29, 1.82) is 0 Å². The van der Waals surface area contributed by atoms with Gasteiger partial charge in [0.25, 0.3) is 0 Å². The summed E-state index contributed by atoms with van der Waals surface area (Å²) >= 11 is 1.68. The van der Waals surface area contributed by atoms with Gasteiger partial charge in [-0.3, -0.25) is 0 Å². The van der Waals surface area contributed by atoms with Gasteiger partial charge in [-0.25, -0.2) is 4.98 Å². The Hall–Kier alpha value is -0.450. The quantitative estimate of drug-likeness (QED) is 0.807. The van der Waals surface area contributed by atoms with Crippen LogP contribution in [0.5, 0.6) is 0 Å². The molecule has 1 aromatic rings. The van der Waals surface area contributed by atoms with Gasteiger partial charge >= 0.3 is 0 Å². The first-order valence-corrected chi connectivity index (χ1v) is 5.70. The Kier molecular flexibility index (Phi) is 4.51. The Bertz CT molecular complexity index is 275. The number of hydrogen-bond donors (Lipinski definition) is 1. The minimum absolute atomic E-state index is 0.250. The fraction of sp³-hybridized carbons (Fsp3) is 0.700. The molecule has 4 heteroatoms. The van der Waals surface area contributed by atoms with Gasteiger partial charge < -0.3 is 10.0 Å². The van der Waals surface area contributed by atoms with Crippen LogP contribution in [0.2, 0.25) is 0 Å². The lowest BCUT2D eigenvalue weighted by atomic mass is 10.2. The van der Waals surface area contributed by atoms with Gasteiger partial charge in [0.2, 0.25) is 0 Å². The first kappa shape index (κ1) is 11.6. The van der Waals surface area contributed by atoms with Gasteiger partial charge in [-0.1, -0.05) is 6.92 Å². The van der Waals surface area contributed by atoms with Crippen molar-refractivity contribution in [3.05, 3.63) is 16.1 Å². The lowest BCUT2D eigenvalue weighted by Crippen LogP contribution is -2.25. The monoisotopic (exact) mass is 214 g/mol. The number of aryl methyl sites for hydroxylation is 1. The predicted molar refractivity (Wildman–Crippen MR) is 59.4 cm³/mol. The highest BCUT2D eigenvalue weighted by atomic mass is 32.1. The van der Waals surface area contributed by atoms with Crippen LogP contribution in [0.3, 0.4) is 0 Å². The van der Waals surface area contributed by atoms with Crippen molar-refractivity contribution in [3.8, 4) is 0 Å². The third-order valence-electron chi connectivity index (χ3n) is 2.03. The minimum atomic E-state index is 0.250. The van der Waals surface area contributed by atoms with E-state index in [9.17, 15) is 0 Å². The maximum Gasteiger partial charge on any atom is 0.0897 e. The fourth-order valence-electron chi connectivity index (χ4n) is 1.41. The molecule has 1 atom stereocenters. The number of aliphatic hydroxyl groups excluding tert-OH is 1. The van der Waals surface area contributed by atoms with E-state index in [-0.39, 0.29) is 6.61 Å². The highest BCUT2D eigenvalue weighted by molar-refractivity contribution is 7.09. The minimum Gasteiger partial charge on any atom is -0.396 e. The molecule has 1 unspecified atom stereocenters. The topological polar surface area (TPSA) is 36.4 Å². The van der Waals surface area contributed by atoms with E-state index in [2.05, 4.69) is 22.3 Å². The normalized spacial score (nSPS) is 13.5. The Morgan fingerprint density at radius 2 is 2.36 bits per heavy atom. The molecule has 0 fully saturated rings. The van der Waals surface area contributed by atoms with Crippen molar-refractivity contribution in [3.63, 3.8) is 0 Å². The van der Waals surface area contributed by atoms with Crippen LogP contribution >= 0.6 is 11.3 Å². The lowest BCUT2D eigenvalue weighted by Gasteiger charge is -2.18. The average molecular weight is 214 g/mol. The van der Waals surface area contributed by atoms with Crippen molar-refractivity contribution in [2.24, 2.45) is 5.92 Å². The second-order valence-corrected chi connectivity index (χ2v) is 4.90. The Morgan fingerprint density at radius 1 is 1.64 bits per heavy atom. The molecular formula is C10H18N2OS. The second-order valence-electron chi connectivity index (χ2n) is 3.84. The largest absolute Gasteiger partial charge is 0.396 e. The number of rotatable bonds is 5. The van der Waals surface area contributed by atoms with Crippen LogP contribution in [-0.2, 0) is 6.54 Å². The fourth-order valence-corrected chi connectivity index (χ4v) is 2.02. The first-order chi connectivity index (χ1) is 6.61. The van der Waals surface area contributed by atoms with Crippen LogP contribution in [-0.4, -0.2) is 35.2 Å². The van der Waals surface area contributed by atoms with Crippen molar-refractivity contribution in [2.75, 3.05) is 20.2 Å². The summed E-state index contributed by atoms with van der Waals surface area (Å²) in [6.45, 7) is 6.09. The zero-order chi connectivity index (χ0) is 10.6. The summed E-state index contributed by atoms with van der Waals surface area (Å²) in [6.07, 6.45) is 0. The van der Waals surface area contributed by atoms with Gasteiger partial charge in [-0.15, -0.1) is 11.3 Å². The second kappa shape index (κ2) is 5.44. The first-order valence-electron chi connectivity index (χ1n) is 4.82. The van der Waals surface area contributed by atoms with Crippen LogP contribution in [0.15, 0.2) is 5.38 Å². The number of nitrogens with zero attached hydrogens (tertiary/aromatic N) is 2. The summed E-state index contributed by atoms with van der Waals surface area (Å²) in [6, 6.07) is 0. The van der Waals surface area contributed by atoms with Crippen LogP contribution < -0.4 is 0 Å². The van der Waals surface area contributed by atoms with Crippen LogP contribution in [0.4, 0.5) is 0 Å². The standard InChI is InChI=1S/C10H18N2OS/c1-8(6-13)4-12(3)5-10-7-14-9(2)11-10/h7-8,13H,4-6H2,1-3H3. The molecular weight excluding hydrogens is 196 g/mol. The molecule has 0 aromatic carbocycles. The molecule has 14 heavy (non-hydrogen) atoms. The van der Waals surface area contributed by atoms with Crippen LogP contribution in [0.1, 0.15) is 17.6 Å². The molecule has 0 aliphatic rings. The Morgan fingerprint density at radius 3 is 2.86 bits per heavy atom. The van der Waals surface area contributed by atoms with E-state index in [1.165, 1.54) is 0 Å². The van der Waals surface area contributed by atoms with Crippen LogP contribution in [0.25, 0.3) is 0 Å². The summed E-state index contributed by atoms with van der Waals surface area (Å²) in [5, 5.41) is 12.1. The molecule has 1 heterocycles.